The maximum absolute atomic E-state index is 11.9. The van der Waals surface area contributed by atoms with Crippen LogP contribution < -0.4 is 4.74 Å². The van der Waals surface area contributed by atoms with E-state index in [-0.39, 0.29) is 25.4 Å². The molecular weight excluding hydrogens is 273 g/mol. The van der Waals surface area contributed by atoms with Gasteiger partial charge in [-0.15, -0.1) is 0 Å². The third-order valence-corrected chi connectivity index (χ3v) is 2.47. The number of Topliss-reactive ketones (excluding diaryl/α,β-unsaturated/α-hetero) is 1. The number of hydrogen-bond acceptors (Lipinski definition) is 3. The highest BCUT2D eigenvalue weighted by Crippen LogP contribution is 2.21. The fraction of sp³-hybridized carbons (Fsp3) is 0.500. The number of rotatable bonds is 8. The van der Waals surface area contributed by atoms with Crippen molar-refractivity contribution < 1.29 is 27.4 Å². The number of halogens is 3. The van der Waals surface area contributed by atoms with Gasteiger partial charge in [0, 0.05) is 13.0 Å². The highest BCUT2D eigenvalue weighted by atomic mass is 19.4. The molecule has 0 saturated heterocycles. The molecular formula is C14H17F3O3. The number of ketones is 1. The van der Waals surface area contributed by atoms with Gasteiger partial charge in [-0.2, -0.15) is 13.2 Å². The number of ether oxygens (including phenoxy) is 2. The quantitative estimate of drug-likeness (QED) is 0.542. The number of alkyl halides is 3. The fourth-order valence-corrected chi connectivity index (χ4v) is 1.60. The van der Waals surface area contributed by atoms with Gasteiger partial charge in [0.15, 0.2) is 5.78 Å². The second-order valence-corrected chi connectivity index (χ2v) is 4.12. The van der Waals surface area contributed by atoms with Crippen molar-refractivity contribution in [3.8, 4) is 5.75 Å². The van der Waals surface area contributed by atoms with E-state index >= 15 is 0 Å². The van der Waals surface area contributed by atoms with E-state index in [0.717, 1.165) is 0 Å². The molecule has 0 amide bonds. The Bertz CT molecular complexity index is 430. The zero-order chi connectivity index (χ0) is 15.0. The summed E-state index contributed by atoms with van der Waals surface area (Å²) in [7, 11) is 0. The summed E-state index contributed by atoms with van der Waals surface area (Å²) in [6, 6.07) is 6.71. The molecule has 6 heteroatoms. The molecule has 0 aromatic heterocycles. The van der Waals surface area contributed by atoms with E-state index in [0.29, 0.717) is 17.9 Å². The van der Waals surface area contributed by atoms with Crippen molar-refractivity contribution in [2.75, 3.05) is 19.8 Å². The predicted octanol–water partition coefficient (Wildman–Crippen LogP) is 3.63. The number of benzene rings is 1. The molecule has 0 bridgehead atoms. The second kappa shape index (κ2) is 7.89. The van der Waals surface area contributed by atoms with Crippen molar-refractivity contribution in [3.63, 3.8) is 0 Å². The zero-order valence-corrected chi connectivity index (χ0v) is 11.2. The van der Waals surface area contributed by atoms with Gasteiger partial charge in [0.2, 0.25) is 0 Å². The molecule has 0 aliphatic rings. The lowest BCUT2D eigenvalue weighted by Gasteiger charge is -2.10. The fourth-order valence-electron chi connectivity index (χ4n) is 1.60. The van der Waals surface area contributed by atoms with Crippen molar-refractivity contribution in [1.82, 2.24) is 0 Å². The summed E-state index contributed by atoms with van der Waals surface area (Å²) in [4.78, 5) is 11.9. The van der Waals surface area contributed by atoms with Crippen LogP contribution in [0.25, 0.3) is 0 Å². The minimum atomic E-state index is -4.19. The summed E-state index contributed by atoms with van der Waals surface area (Å²) in [6.45, 7) is 1.88. The van der Waals surface area contributed by atoms with Crippen molar-refractivity contribution in [2.24, 2.45) is 0 Å². The van der Waals surface area contributed by atoms with E-state index in [1.54, 1.807) is 31.2 Å². The van der Waals surface area contributed by atoms with Crippen LogP contribution in [0, 0.1) is 0 Å². The van der Waals surface area contributed by atoms with E-state index < -0.39 is 12.6 Å². The highest BCUT2D eigenvalue weighted by molar-refractivity contribution is 5.99. The normalized spacial score (nSPS) is 11.4. The van der Waals surface area contributed by atoms with Crippen LogP contribution >= 0.6 is 0 Å². The van der Waals surface area contributed by atoms with E-state index in [1.807, 2.05) is 0 Å². The van der Waals surface area contributed by atoms with E-state index in [1.165, 1.54) is 0 Å². The third-order valence-electron chi connectivity index (χ3n) is 2.47. The Morgan fingerprint density at radius 3 is 2.60 bits per heavy atom. The summed E-state index contributed by atoms with van der Waals surface area (Å²) in [5, 5.41) is 0. The van der Waals surface area contributed by atoms with Gasteiger partial charge in [0.05, 0.1) is 12.2 Å². The van der Waals surface area contributed by atoms with Crippen LogP contribution in [0.4, 0.5) is 13.2 Å². The predicted molar refractivity (Wildman–Crippen MR) is 68.0 cm³/mol. The van der Waals surface area contributed by atoms with E-state index in [4.69, 9.17) is 9.47 Å². The molecule has 0 saturated carbocycles. The Morgan fingerprint density at radius 2 is 1.95 bits per heavy atom. The van der Waals surface area contributed by atoms with Crippen molar-refractivity contribution in [3.05, 3.63) is 29.8 Å². The average molecular weight is 290 g/mol. The van der Waals surface area contributed by atoms with Gasteiger partial charge in [0.1, 0.15) is 12.4 Å². The number of carbonyl (C=O) groups is 1. The van der Waals surface area contributed by atoms with Gasteiger partial charge in [-0.3, -0.25) is 4.79 Å². The van der Waals surface area contributed by atoms with Gasteiger partial charge in [-0.05, 0) is 25.5 Å². The van der Waals surface area contributed by atoms with Gasteiger partial charge in [-0.1, -0.05) is 12.1 Å². The van der Waals surface area contributed by atoms with Crippen molar-refractivity contribution in [1.29, 1.82) is 0 Å². The van der Waals surface area contributed by atoms with Crippen LogP contribution in [0.2, 0.25) is 0 Å². The Hall–Kier alpha value is -1.56. The lowest BCUT2D eigenvalue weighted by molar-refractivity contribution is -0.137. The van der Waals surface area contributed by atoms with Gasteiger partial charge >= 0.3 is 6.18 Å². The first-order valence-electron chi connectivity index (χ1n) is 6.33. The van der Waals surface area contributed by atoms with E-state index in [9.17, 15) is 18.0 Å². The molecule has 0 fully saturated rings. The first kappa shape index (κ1) is 16.5. The summed E-state index contributed by atoms with van der Waals surface area (Å²) in [5.74, 6) is 0.153. The van der Waals surface area contributed by atoms with Crippen LogP contribution in [0.15, 0.2) is 24.3 Å². The van der Waals surface area contributed by atoms with Crippen LogP contribution in [0.1, 0.15) is 30.1 Å². The highest BCUT2D eigenvalue weighted by Gasteiger charge is 2.26. The molecule has 0 atom stereocenters. The maximum Gasteiger partial charge on any atom is 0.389 e. The molecule has 0 spiro atoms. The van der Waals surface area contributed by atoms with Crippen LogP contribution in [-0.2, 0) is 4.74 Å². The Labute approximate surface area is 115 Å². The molecule has 112 valence electrons. The smallest absolute Gasteiger partial charge is 0.389 e. The first-order chi connectivity index (χ1) is 9.44. The molecule has 0 unspecified atom stereocenters. The summed E-state index contributed by atoms with van der Waals surface area (Å²) in [6.07, 6.45) is -5.24. The minimum Gasteiger partial charge on any atom is -0.493 e. The molecule has 0 aliphatic carbocycles. The molecule has 1 aromatic carbocycles. The summed E-state index contributed by atoms with van der Waals surface area (Å²) in [5.41, 5.74) is 0.380. The summed E-state index contributed by atoms with van der Waals surface area (Å²) < 4.78 is 46.0. The molecule has 1 aromatic rings. The molecule has 0 heterocycles. The standard InChI is InChI=1S/C14H17F3O3/c1-2-20-13-7-4-3-6-11(13)12(18)10-19-9-5-8-14(15,16)17/h3-4,6-7H,2,5,8-10H2,1H3. The SMILES string of the molecule is CCOc1ccccc1C(=O)COCCCC(F)(F)F. The van der Waals surface area contributed by atoms with Gasteiger partial charge in [-0.25, -0.2) is 0 Å². The van der Waals surface area contributed by atoms with Crippen LogP contribution in [0.3, 0.4) is 0 Å². The topological polar surface area (TPSA) is 35.5 Å². The Balaban J connectivity index is 2.40. The van der Waals surface area contributed by atoms with Crippen molar-refractivity contribution >= 4 is 5.78 Å². The van der Waals surface area contributed by atoms with Crippen LogP contribution in [0.5, 0.6) is 5.75 Å². The third kappa shape index (κ3) is 6.06. The lowest BCUT2D eigenvalue weighted by atomic mass is 10.1. The van der Waals surface area contributed by atoms with Crippen molar-refractivity contribution in [2.45, 2.75) is 25.9 Å². The monoisotopic (exact) mass is 290 g/mol. The minimum absolute atomic E-state index is 0.0952. The number of para-hydroxylation sites is 1. The summed E-state index contributed by atoms with van der Waals surface area (Å²) >= 11 is 0. The number of carbonyl (C=O) groups excluding carboxylic acids is 1. The maximum atomic E-state index is 11.9. The zero-order valence-electron chi connectivity index (χ0n) is 11.2. The molecule has 0 aliphatic heterocycles. The number of hydrogen-bond donors (Lipinski definition) is 0. The molecule has 1 rings (SSSR count). The lowest BCUT2D eigenvalue weighted by Crippen LogP contribution is -2.13. The molecule has 20 heavy (non-hydrogen) atoms. The second-order valence-electron chi connectivity index (χ2n) is 4.12. The van der Waals surface area contributed by atoms with Gasteiger partial charge in [0.25, 0.3) is 0 Å². The van der Waals surface area contributed by atoms with Crippen LogP contribution in [-0.4, -0.2) is 31.8 Å². The van der Waals surface area contributed by atoms with Gasteiger partial charge < -0.3 is 9.47 Å². The Morgan fingerprint density at radius 1 is 1.25 bits per heavy atom. The first-order valence-corrected chi connectivity index (χ1v) is 6.33. The molecule has 0 radical (unpaired) electrons. The Kier molecular flexibility index (Phi) is 6.51. The average Bonchev–Trinajstić information content (AvgIpc) is 2.38. The molecule has 3 nitrogen and oxygen atoms in total. The largest absolute Gasteiger partial charge is 0.493 e. The molecule has 0 N–H and O–H groups in total. The van der Waals surface area contributed by atoms with E-state index in [2.05, 4.69) is 0 Å².